The van der Waals surface area contributed by atoms with Gasteiger partial charge in [0.1, 0.15) is 11.5 Å². The van der Waals surface area contributed by atoms with Gasteiger partial charge >= 0.3 is 0 Å². The van der Waals surface area contributed by atoms with Gasteiger partial charge < -0.3 is 9.73 Å². The number of sulfonamides is 1. The van der Waals surface area contributed by atoms with Crippen molar-refractivity contribution < 1.29 is 12.8 Å². The van der Waals surface area contributed by atoms with E-state index < -0.39 is 10.0 Å². The molecule has 0 aliphatic carbocycles. The van der Waals surface area contributed by atoms with Crippen molar-refractivity contribution in [2.45, 2.75) is 13.5 Å². The van der Waals surface area contributed by atoms with Crippen molar-refractivity contribution in [3.05, 3.63) is 47.9 Å². The van der Waals surface area contributed by atoms with Gasteiger partial charge in [-0.1, -0.05) is 6.07 Å². The van der Waals surface area contributed by atoms with Crippen molar-refractivity contribution >= 4 is 21.4 Å². The van der Waals surface area contributed by atoms with Crippen molar-refractivity contribution in [2.24, 2.45) is 0 Å². The third kappa shape index (κ3) is 4.33. The largest absolute Gasteiger partial charge is 0.465 e. The Morgan fingerprint density at radius 3 is 2.53 bits per heavy atom. The van der Waals surface area contributed by atoms with Crippen molar-refractivity contribution in [1.82, 2.24) is 0 Å². The average molecular weight is 280 g/mol. The van der Waals surface area contributed by atoms with Crippen LogP contribution in [0.3, 0.4) is 0 Å². The first-order valence-electron chi connectivity index (χ1n) is 5.79. The van der Waals surface area contributed by atoms with Crippen molar-refractivity contribution in [3.8, 4) is 0 Å². The number of hydrogen-bond donors (Lipinski definition) is 2. The Labute approximate surface area is 112 Å². The lowest BCUT2D eigenvalue weighted by atomic mass is 10.3. The first-order chi connectivity index (χ1) is 8.92. The minimum atomic E-state index is -3.25. The number of furan rings is 1. The molecular weight excluding hydrogens is 264 g/mol. The molecule has 1 aromatic carbocycles. The zero-order valence-electron chi connectivity index (χ0n) is 10.8. The van der Waals surface area contributed by atoms with Crippen LogP contribution in [0, 0.1) is 6.92 Å². The first-order valence-corrected chi connectivity index (χ1v) is 7.68. The number of anilines is 2. The third-order valence-corrected chi connectivity index (χ3v) is 3.04. The predicted octanol–water partition coefficient (Wildman–Crippen LogP) is 2.57. The van der Waals surface area contributed by atoms with Gasteiger partial charge in [0.05, 0.1) is 18.5 Å². The van der Waals surface area contributed by atoms with E-state index in [1.807, 2.05) is 25.1 Å². The monoisotopic (exact) mass is 280 g/mol. The van der Waals surface area contributed by atoms with Crippen molar-refractivity contribution in [3.63, 3.8) is 0 Å². The molecule has 0 fully saturated rings. The fourth-order valence-electron chi connectivity index (χ4n) is 1.68. The Balaban J connectivity index is 2.03. The Bertz CT molecular complexity index is 662. The third-order valence-electron chi connectivity index (χ3n) is 2.43. The van der Waals surface area contributed by atoms with Gasteiger partial charge in [0, 0.05) is 5.69 Å². The standard InChI is InChI=1S/C13H16N2O3S/c1-10-6-7-13(18-10)9-14-11-4-3-5-12(8-11)15-19(2,16)17/h3-8,14-15H,9H2,1-2H3. The number of benzene rings is 1. The van der Waals surface area contributed by atoms with Crippen LogP contribution in [0.5, 0.6) is 0 Å². The maximum Gasteiger partial charge on any atom is 0.229 e. The zero-order chi connectivity index (χ0) is 13.9. The van der Waals surface area contributed by atoms with E-state index in [4.69, 9.17) is 4.42 Å². The molecule has 0 unspecified atom stereocenters. The molecular formula is C13H16N2O3S. The lowest BCUT2D eigenvalue weighted by Crippen LogP contribution is -2.09. The van der Waals surface area contributed by atoms with Gasteiger partial charge in [-0.3, -0.25) is 4.72 Å². The van der Waals surface area contributed by atoms with Gasteiger partial charge in [-0.15, -0.1) is 0 Å². The topological polar surface area (TPSA) is 71.3 Å². The van der Waals surface area contributed by atoms with E-state index in [1.54, 1.807) is 18.2 Å². The quantitative estimate of drug-likeness (QED) is 0.883. The van der Waals surface area contributed by atoms with Crippen molar-refractivity contribution in [2.75, 3.05) is 16.3 Å². The summed E-state index contributed by atoms with van der Waals surface area (Å²) >= 11 is 0. The van der Waals surface area contributed by atoms with E-state index in [9.17, 15) is 8.42 Å². The fraction of sp³-hybridized carbons (Fsp3) is 0.231. The highest BCUT2D eigenvalue weighted by Crippen LogP contribution is 2.17. The summed E-state index contributed by atoms with van der Waals surface area (Å²) in [4.78, 5) is 0. The Morgan fingerprint density at radius 2 is 1.89 bits per heavy atom. The maximum atomic E-state index is 11.1. The zero-order valence-corrected chi connectivity index (χ0v) is 11.6. The smallest absolute Gasteiger partial charge is 0.229 e. The fourth-order valence-corrected chi connectivity index (χ4v) is 2.23. The molecule has 2 rings (SSSR count). The van der Waals surface area contributed by atoms with Crippen LogP contribution in [-0.2, 0) is 16.6 Å². The summed E-state index contributed by atoms with van der Waals surface area (Å²) in [6.45, 7) is 2.44. The maximum absolute atomic E-state index is 11.1. The van der Waals surface area contributed by atoms with Crippen molar-refractivity contribution in [1.29, 1.82) is 0 Å². The summed E-state index contributed by atoms with van der Waals surface area (Å²) in [5.41, 5.74) is 1.35. The lowest BCUT2D eigenvalue weighted by molar-refractivity contribution is 0.490. The van der Waals surface area contributed by atoms with Crippen LogP contribution in [0.25, 0.3) is 0 Å². The second-order valence-corrected chi connectivity index (χ2v) is 6.07. The van der Waals surface area contributed by atoms with Gasteiger partial charge in [-0.05, 0) is 37.3 Å². The summed E-state index contributed by atoms with van der Waals surface area (Å²) in [5, 5.41) is 3.17. The highest BCUT2D eigenvalue weighted by Gasteiger charge is 2.03. The highest BCUT2D eigenvalue weighted by molar-refractivity contribution is 7.92. The van der Waals surface area contributed by atoms with E-state index in [1.165, 1.54) is 0 Å². The van der Waals surface area contributed by atoms with Gasteiger partial charge in [-0.25, -0.2) is 8.42 Å². The molecule has 6 heteroatoms. The van der Waals surface area contributed by atoms with Crippen LogP contribution in [0.2, 0.25) is 0 Å². The van der Waals surface area contributed by atoms with Gasteiger partial charge in [0.2, 0.25) is 10.0 Å². The summed E-state index contributed by atoms with van der Waals surface area (Å²) in [6, 6.07) is 10.9. The molecule has 1 aromatic heterocycles. The molecule has 102 valence electrons. The van der Waals surface area contributed by atoms with Crippen LogP contribution in [0.1, 0.15) is 11.5 Å². The number of hydrogen-bond acceptors (Lipinski definition) is 4. The molecule has 0 aliphatic heterocycles. The molecule has 0 spiro atoms. The summed E-state index contributed by atoms with van der Waals surface area (Å²) in [7, 11) is -3.25. The predicted molar refractivity (Wildman–Crippen MR) is 75.7 cm³/mol. The van der Waals surface area contributed by atoms with Crippen LogP contribution in [0.15, 0.2) is 40.8 Å². The molecule has 0 amide bonds. The number of rotatable bonds is 5. The molecule has 2 N–H and O–H groups in total. The van der Waals surface area contributed by atoms with Gasteiger partial charge in [0.25, 0.3) is 0 Å². The normalized spacial score (nSPS) is 11.3. The number of nitrogens with one attached hydrogen (secondary N) is 2. The van der Waals surface area contributed by atoms with E-state index in [0.717, 1.165) is 23.5 Å². The summed E-state index contributed by atoms with van der Waals surface area (Å²) < 4.78 is 30.2. The lowest BCUT2D eigenvalue weighted by Gasteiger charge is -2.08. The SMILES string of the molecule is Cc1ccc(CNc2cccc(NS(C)(=O)=O)c2)o1. The molecule has 0 radical (unpaired) electrons. The Morgan fingerprint density at radius 1 is 1.16 bits per heavy atom. The molecule has 5 nitrogen and oxygen atoms in total. The molecule has 0 atom stereocenters. The molecule has 0 aliphatic rings. The molecule has 1 heterocycles. The minimum absolute atomic E-state index is 0.531. The molecule has 19 heavy (non-hydrogen) atoms. The molecule has 0 saturated carbocycles. The summed E-state index contributed by atoms with van der Waals surface area (Å²) in [5.74, 6) is 1.70. The Kier molecular flexibility index (Phi) is 3.80. The molecule has 2 aromatic rings. The van der Waals surface area contributed by atoms with Gasteiger partial charge in [-0.2, -0.15) is 0 Å². The summed E-state index contributed by atoms with van der Waals surface area (Å²) in [6.07, 6.45) is 1.12. The molecule has 0 bridgehead atoms. The average Bonchev–Trinajstić information content (AvgIpc) is 2.71. The number of aryl methyl sites for hydroxylation is 1. The first kappa shape index (κ1) is 13.5. The van der Waals surface area contributed by atoms with Crippen LogP contribution in [0.4, 0.5) is 11.4 Å². The van der Waals surface area contributed by atoms with Crippen LogP contribution in [-0.4, -0.2) is 14.7 Å². The second-order valence-electron chi connectivity index (χ2n) is 4.32. The minimum Gasteiger partial charge on any atom is -0.465 e. The van der Waals surface area contributed by atoms with Crippen LogP contribution >= 0.6 is 0 Å². The van der Waals surface area contributed by atoms with E-state index in [-0.39, 0.29) is 0 Å². The molecule has 0 saturated heterocycles. The van der Waals surface area contributed by atoms with E-state index >= 15 is 0 Å². The van der Waals surface area contributed by atoms with E-state index in [2.05, 4.69) is 10.0 Å². The Hall–Kier alpha value is -1.95. The van der Waals surface area contributed by atoms with E-state index in [0.29, 0.717) is 12.2 Å². The highest BCUT2D eigenvalue weighted by atomic mass is 32.2. The van der Waals surface area contributed by atoms with Gasteiger partial charge in [0.15, 0.2) is 0 Å². The second kappa shape index (κ2) is 5.36. The van der Waals surface area contributed by atoms with Crippen LogP contribution < -0.4 is 10.0 Å².